The molecule has 82 valence electrons. The van der Waals surface area contributed by atoms with Crippen molar-refractivity contribution in [2.24, 2.45) is 0 Å². The number of rotatable bonds is 3. The van der Waals surface area contributed by atoms with Crippen molar-refractivity contribution in [2.75, 3.05) is 5.32 Å². The van der Waals surface area contributed by atoms with Gasteiger partial charge in [0, 0.05) is 5.69 Å². The second kappa shape index (κ2) is 4.37. The molecule has 0 aliphatic carbocycles. The molecule has 0 spiro atoms. The van der Waals surface area contributed by atoms with Crippen molar-refractivity contribution in [1.29, 1.82) is 0 Å². The summed E-state index contributed by atoms with van der Waals surface area (Å²) in [6.45, 7) is 2.01. The maximum atomic E-state index is 10.9. The fraction of sp³-hybridized carbons (Fsp3) is 0.0833. The van der Waals surface area contributed by atoms with Crippen LogP contribution in [0.5, 0.6) is 0 Å². The molecule has 0 fully saturated rings. The first-order valence-corrected chi connectivity index (χ1v) is 5.69. The molecule has 0 unspecified atom stereocenters. The zero-order chi connectivity index (χ0) is 11.5. The van der Waals surface area contributed by atoms with E-state index in [0.717, 1.165) is 5.69 Å². The molecule has 0 aliphatic heterocycles. The van der Waals surface area contributed by atoms with E-state index in [2.05, 4.69) is 5.32 Å². The van der Waals surface area contributed by atoms with E-state index in [1.54, 1.807) is 11.4 Å². The number of anilines is 2. The Kier molecular flexibility index (Phi) is 2.92. The van der Waals surface area contributed by atoms with Crippen LogP contribution in [-0.2, 0) is 0 Å². The number of hydrogen-bond donors (Lipinski definition) is 2. The van der Waals surface area contributed by atoms with E-state index in [0.29, 0.717) is 10.6 Å². The molecular weight excluding hydrogens is 222 g/mol. The average molecular weight is 233 g/mol. The van der Waals surface area contributed by atoms with E-state index in [1.807, 2.05) is 31.2 Å². The molecule has 1 aromatic carbocycles. The van der Waals surface area contributed by atoms with E-state index in [-0.39, 0.29) is 0 Å². The maximum Gasteiger partial charge on any atom is 0.348 e. The van der Waals surface area contributed by atoms with Gasteiger partial charge >= 0.3 is 5.97 Å². The molecule has 0 saturated carbocycles. The Morgan fingerprint density at radius 3 is 2.56 bits per heavy atom. The molecule has 3 nitrogen and oxygen atoms in total. The largest absolute Gasteiger partial charge is 0.477 e. The lowest BCUT2D eigenvalue weighted by molar-refractivity contribution is 0.0703. The standard InChI is InChI=1S/C12H11NO2S/c1-8-2-4-9(5-3-8)13-10-6-7-16-11(10)12(14)15/h2-7,13H,1H3,(H,14,15). The summed E-state index contributed by atoms with van der Waals surface area (Å²) >= 11 is 1.22. The number of carboxylic acids is 1. The minimum absolute atomic E-state index is 0.334. The topological polar surface area (TPSA) is 49.3 Å². The van der Waals surface area contributed by atoms with Gasteiger partial charge in [0.25, 0.3) is 0 Å². The summed E-state index contributed by atoms with van der Waals surface area (Å²) < 4.78 is 0. The van der Waals surface area contributed by atoms with Crippen LogP contribution in [0, 0.1) is 6.92 Å². The van der Waals surface area contributed by atoms with Crippen LogP contribution in [0.3, 0.4) is 0 Å². The van der Waals surface area contributed by atoms with Crippen LogP contribution < -0.4 is 5.32 Å². The zero-order valence-corrected chi connectivity index (χ0v) is 9.54. The Morgan fingerprint density at radius 1 is 1.25 bits per heavy atom. The lowest BCUT2D eigenvalue weighted by atomic mass is 10.2. The highest BCUT2D eigenvalue weighted by atomic mass is 32.1. The third-order valence-electron chi connectivity index (χ3n) is 2.19. The summed E-state index contributed by atoms with van der Waals surface area (Å²) in [7, 11) is 0. The van der Waals surface area contributed by atoms with Crippen LogP contribution >= 0.6 is 11.3 Å². The van der Waals surface area contributed by atoms with Gasteiger partial charge in [-0.15, -0.1) is 11.3 Å². The summed E-state index contributed by atoms with van der Waals surface area (Å²) in [4.78, 5) is 11.2. The van der Waals surface area contributed by atoms with Gasteiger partial charge in [-0.3, -0.25) is 0 Å². The van der Waals surface area contributed by atoms with Gasteiger partial charge in [-0.2, -0.15) is 0 Å². The molecule has 16 heavy (non-hydrogen) atoms. The van der Waals surface area contributed by atoms with Gasteiger partial charge in [0.05, 0.1) is 5.69 Å². The number of aromatic carboxylic acids is 1. The second-order valence-electron chi connectivity index (χ2n) is 3.46. The van der Waals surface area contributed by atoms with Gasteiger partial charge in [-0.25, -0.2) is 4.79 Å². The SMILES string of the molecule is Cc1ccc(Nc2ccsc2C(=O)O)cc1. The van der Waals surface area contributed by atoms with Crippen molar-refractivity contribution in [1.82, 2.24) is 0 Å². The van der Waals surface area contributed by atoms with Crippen molar-refractivity contribution in [3.8, 4) is 0 Å². The summed E-state index contributed by atoms with van der Waals surface area (Å²) in [6.07, 6.45) is 0. The molecule has 0 aliphatic rings. The molecule has 0 bridgehead atoms. The maximum absolute atomic E-state index is 10.9. The average Bonchev–Trinajstić information content (AvgIpc) is 2.69. The smallest absolute Gasteiger partial charge is 0.348 e. The molecular formula is C12H11NO2S. The molecule has 0 atom stereocenters. The molecule has 1 heterocycles. The predicted octanol–water partition coefficient (Wildman–Crippen LogP) is 3.50. The minimum Gasteiger partial charge on any atom is -0.477 e. The predicted molar refractivity (Wildman–Crippen MR) is 65.7 cm³/mol. The summed E-state index contributed by atoms with van der Waals surface area (Å²) in [5.41, 5.74) is 2.71. The Balaban J connectivity index is 2.23. The van der Waals surface area contributed by atoms with Crippen LogP contribution in [-0.4, -0.2) is 11.1 Å². The fourth-order valence-electron chi connectivity index (χ4n) is 1.37. The minimum atomic E-state index is -0.899. The summed E-state index contributed by atoms with van der Waals surface area (Å²) in [5.74, 6) is -0.899. The van der Waals surface area contributed by atoms with Gasteiger partial charge in [0.15, 0.2) is 0 Å². The van der Waals surface area contributed by atoms with Gasteiger partial charge < -0.3 is 10.4 Å². The highest BCUT2D eigenvalue weighted by molar-refractivity contribution is 7.12. The second-order valence-corrected chi connectivity index (χ2v) is 4.38. The van der Waals surface area contributed by atoms with E-state index in [4.69, 9.17) is 5.11 Å². The normalized spacial score (nSPS) is 10.1. The third kappa shape index (κ3) is 2.23. The first-order chi connectivity index (χ1) is 7.66. The number of carboxylic acid groups (broad SMARTS) is 1. The lowest BCUT2D eigenvalue weighted by Gasteiger charge is -2.05. The number of carbonyl (C=O) groups is 1. The highest BCUT2D eigenvalue weighted by Gasteiger charge is 2.11. The monoisotopic (exact) mass is 233 g/mol. The first-order valence-electron chi connectivity index (χ1n) is 4.81. The van der Waals surface area contributed by atoms with E-state index in [1.165, 1.54) is 16.9 Å². The summed E-state index contributed by atoms with van der Waals surface area (Å²) in [6, 6.07) is 9.59. The van der Waals surface area contributed by atoms with E-state index < -0.39 is 5.97 Å². The number of hydrogen-bond acceptors (Lipinski definition) is 3. The van der Waals surface area contributed by atoms with Crippen molar-refractivity contribution < 1.29 is 9.90 Å². The molecule has 0 saturated heterocycles. The zero-order valence-electron chi connectivity index (χ0n) is 8.73. The Morgan fingerprint density at radius 2 is 1.94 bits per heavy atom. The molecule has 2 N–H and O–H groups in total. The van der Waals surface area contributed by atoms with Crippen molar-refractivity contribution in [2.45, 2.75) is 6.92 Å². The Hall–Kier alpha value is -1.81. The third-order valence-corrected chi connectivity index (χ3v) is 3.09. The van der Waals surface area contributed by atoms with E-state index >= 15 is 0 Å². The van der Waals surface area contributed by atoms with Crippen molar-refractivity contribution in [3.05, 3.63) is 46.2 Å². The number of thiophene rings is 1. The van der Waals surface area contributed by atoms with Crippen LogP contribution in [0.25, 0.3) is 0 Å². The highest BCUT2D eigenvalue weighted by Crippen LogP contribution is 2.25. The van der Waals surface area contributed by atoms with Crippen LogP contribution in [0.15, 0.2) is 35.7 Å². The number of aryl methyl sites for hydroxylation is 1. The molecule has 2 rings (SSSR count). The Labute approximate surface area is 97.4 Å². The van der Waals surface area contributed by atoms with Crippen LogP contribution in [0.2, 0.25) is 0 Å². The quantitative estimate of drug-likeness (QED) is 0.853. The molecule has 2 aromatic rings. The lowest BCUT2D eigenvalue weighted by Crippen LogP contribution is -1.98. The number of nitrogens with one attached hydrogen (secondary N) is 1. The van der Waals surface area contributed by atoms with E-state index in [9.17, 15) is 4.79 Å². The van der Waals surface area contributed by atoms with Gasteiger partial charge in [-0.1, -0.05) is 17.7 Å². The van der Waals surface area contributed by atoms with Crippen molar-refractivity contribution >= 4 is 28.7 Å². The van der Waals surface area contributed by atoms with Crippen molar-refractivity contribution in [3.63, 3.8) is 0 Å². The molecule has 1 aromatic heterocycles. The fourth-order valence-corrected chi connectivity index (χ4v) is 2.05. The van der Waals surface area contributed by atoms with Gasteiger partial charge in [-0.05, 0) is 30.5 Å². The van der Waals surface area contributed by atoms with Gasteiger partial charge in [0.1, 0.15) is 4.88 Å². The first kappa shape index (κ1) is 10.7. The number of benzene rings is 1. The van der Waals surface area contributed by atoms with Gasteiger partial charge in [0.2, 0.25) is 0 Å². The molecule has 0 amide bonds. The molecule has 4 heteroatoms. The summed E-state index contributed by atoms with van der Waals surface area (Å²) in [5, 5.41) is 13.8. The Bertz CT molecular complexity index is 502. The molecule has 0 radical (unpaired) electrons. The van der Waals surface area contributed by atoms with Crippen LogP contribution in [0.1, 0.15) is 15.2 Å². The van der Waals surface area contributed by atoms with Crippen LogP contribution in [0.4, 0.5) is 11.4 Å².